The maximum Gasteiger partial charge on any atom is 0.0700 e. The lowest BCUT2D eigenvalue weighted by atomic mass is 10.5. The first kappa shape index (κ1) is 12.2. The van der Waals surface area contributed by atoms with Gasteiger partial charge >= 0.3 is 0 Å². The van der Waals surface area contributed by atoms with Gasteiger partial charge in [0.05, 0.1) is 19.8 Å². The number of hydrogen-bond donors (Lipinski definition) is 1. The van der Waals surface area contributed by atoms with E-state index >= 15 is 0 Å². The van der Waals surface area contributed by atoms with Crippen LogP contribution in [0.25, 0.3) is 0 Å². The molecule has 0 saturated carbocycles. The molecule has 0 aromatic heterocycles. The zero-order chi connectivity index (χ0) is 9.07. The molecule has 1 N–H and O–H groups in total. The maximum atomic E-state index is 8.48. The molecule has 0 spiro atoms. The molecule has 74 valence electrons. The fourth-order valence-corrected chi connectivity index (χ4v) is 1.40. The SMILES string of the molecule is COCCOCCSCCCO. The number of thioether (sulfide) groups is 1. The second-order valence-corrected chi connectivity index (χ2v) is 3.52. The Labute approximate surface area is 78.4 Å². The summed E-state index contributed by atoms with van der Waals surface area (Å²) in [7, 11) is 1.67. The molecule has 3 nitrogen and oxygen atoms in total. The van der Waals surface area contributed by atoms with E-state index in [4.69, 9.17) is 14.6 Å². The van der Waals surface area contributed by atoms with Gasteiger partial charge in [-0.3, -0.25) is 0 Å². The highest BCUT2D eigenvalue weighted by atomic mass is 32.2. The van der Waals surface area contributed by atoms with Crippen LogP contribution in [0, 0.1) is 0 Å². The van der Waals surface area contributed by atoms with Crippen molar-refractivity contribution in [3.05, 3.63) is 0 Å². The van der Waals surface area contributed by atoms with Gasteiger partial charge in [-0.1, -0.05) is 0 Å². The summed E-state index contributed by atoms with van der Waals surface area (Å²) in [5.41, 5.74) is 0. The second-order valence-electron chi connectivity index (χ2n) is 2.29. The third-order valence-corrected chi connectivity index (χ3v) is 2.28. The Hall–Kier alpha value is 0.230. The Kier molecular flexibility index (Phi) is 11.4. The molecule has 0 aromatic rings. The van der Waals surface area contributed by atoms with E-state index in [1.807, 2.05) is 11.8 Å². The third-order valence-electron chi connectivity index (χ3n) is 1.25. The highest BCUT2D eigenvalue weighted by Gasteiger charge is 1.89. The van der Waals surface area contributed by atoms with Gasteiger partial charge in [-0.2, -0.15) is 11.8 Å². The van der Waals surface area contributed by atoms with Crippen LogP contribution in [0.4, 0.5) is 0 Å². The van der Waals surface area contributed by atoms with Crippen molar-refractivity contribution in [2.24, 2.45) is 0 Å². The quantitative estimate of drug-likeness (QED) is 0.550. The first-order chi connectivity index (χ1) is 5.91. The summed E-state index contributed by atoms with van der Waals surface area (Å²) >= 11 is 1.81. The van der Waals surface area contributed by atoms with Gasteiger partial charge in [-0.25, -0.2) is 0 Å². The van der Waals surface area contributed by atoms with Crippen molar-refractivity contribution in [2.75, 3.05) is 45.0 Å². The van der Waals surface area contributed by atoms with Crippen molar-refractivity contribution >= 4 is 11.8 Å². The lowest BCUT2D eigenvalue weighted by molar-refractivity contribution is 0.0790. The average Bonchev–Trinajstić information content (AvgIpc) is 2.10. The molecule has 0 radical (unpaired) electrons. The third kappa shape index (κ3) is 10.2. The molecule has 0 aliphatic rings. The Morgan fingerprint density at radius 1 is 1.17 bits per heavy atom. The monoisotopic (exact) mass is 194 g/mol. The zero-order valence-electron chi connectivity index (χ0n) is 7.62. The second kappa shape index (κ2) is 11.2. The van der Waals surface area contributed by atoms with E-state index in [2.05, 4.69) is 0 Å². The Morgan fingerprint density at radius 2 is 2.00 bits per heavy atom. The Morgan fingerprint density at radius 3 is 2.67 bits per heavy atom. The fourth-order valence-electron chi connectivity index (χ4n) is 0.631. The molecular formula is C8H18O3S. The lowest BCUT2D eigenvalue weighted by Gasteiger charge is -2.02. The van der Waals surface area contributed by atoms with Gasteiger partial charge in [0.15, 0.2) is 0 Å². The zero-order valence-corrected chi connectivity index (χ0v) is 8.44. The minimum absolute atomic E-state index is 0.289. The number of aliphatic hydroxyl groups excluding tert-OH is 1. The molecular weight excluding hydrogens is 176 g/mol. The maximum absolute atomic E-state index is 8.48. The van der Waals surface area contributed by atoms with E-state index in [0.717, 1.165) is 24.5 Å². The first-order valence-electron chi connectivity index (χ1n) is 4.17. The molecule has 0 saturated heterocycles. The van der Waals surface area contributed by atoms with Crippen molar-refractivity contribution in [1.82, 2.24) is 0 Å². The number of ether oxygens (including phenoxy) is 2. The van der Waals surface area contributed by atoms with E-state index in [-0.39, 0.29) is 6.61 Å². The van der Waals surface area contributed by atoms with E-state index in [0.29, 0.717) is 13.2 Å². The van der Waals surface area contributed by atoms with Crippen LogP contribution in [0.15, 0.2) is 0 Å². The highest BCUT2D eigenvalue weighted by Crippen LogP contribution is 2.00. The van der Waals surface area contributed by atoms with E-state index in [1.54, 1.807) is 7.11 Å². The smallest absolute Gasteiger partial charge is 0.0700 e. The molecule has 0 aliphatic heterocycles. The van der Waals surface area contributed by atoms with Gasteiger partial charge in [-0.05, 0) is 12.2 Å². The van der Waals surface area contributed by atoms with Crippen molar-refractivity contribution < 1.29 is 14.6 Å². The molecule has 0 aromatic carbocycles. The molecule has 12 heavy (non-hydrogen) atoms. The molecule has 0 rings (SSSR count). The summed E-state index contributed by atoms with van der Waals surface area (Å²) in [5, 5.41) is 8.48. The van der Waals surface area contributed by atoms with Crippen molar-refractivity contribution in [2.45, 2.75) is 6.42 Å². The summed E-state index contributed by atoms with van der Waals surface area (Å²) in [6.07, 6.45) is 0.878. The minimum atomic E-state index is 0.289. The van der Waals surface area contributed by atoms with E-state index in [9.17, 15) is 0 Å². The van der Waals surface area contributed by atoms with Crippen LogP contribution < -0.4 is 0 Å². The van der Waals surface area contributed by atoms with Crippen LogP contribution in [0.2, 0.25) is 0 Å². The van der Waals surface area contributed by atoms with Crippen LogP contribution in [-0.4, -0.2) is 50.1 Å². The molecule has 0 unspecified atom stereocenters. The number of aliphatic hydroxyl groups is 1. The van der Waals surface area contributed by atoms with Gasteiger partial charge in [0.2, 0.25) is 0 Å². The van der Waals surface area contributed by atoms with E-state index < -0.39 is 0 Å². The predicted octanol–water partition coefficient (Wildman–Crippen LogP) is 0.765. The van der Waals surface area contributed by atoms with Crippen LogP contribution in [0.3, 0.4) is 0 Å². The molecule has 0 heterocycles. The van der Waals surface area contributed by atoms with Crippen molar-refractivity contribution in [1.29, 1.82) is 0 Å². The molecule has 4 heteroatoms. The summed E-state index contributed by atoms with van der Waals surface area (Å²) in [5.74, 6) is 2.02. The summed E-state index contributed by atoms with van der Waals surface area (Å²) in [6, 6.07) is 0. The molecule has 0 fully saturated rings. The number of methoxy groups -OCH3 is 1. The number of hydrogen-bond acceptors (Lipinski definition) is 4. The standard InChI is InChI=1S/C8H18O3S/c1-10-4-5-11-6-8-12-7-2-3-9/h9H,2-8H2,1H3. The van der Waals surface area contributed by atoms with Crippen LogP contribution >= 0.6 is 11.8 Å². The first-order valence-corrected chi connectivity index (χ1v) is 5.32. The van der Waals surface area contributed by atoms with Gasteiger partial charge in [0.25, 0.3) is 0 Å². The fraction of sp³-hybridized carbons (Fsp3) is 1.00. The van der Waals surface area contributed by atoms with Crippen molar-refractivity contribution in [3.63, 3.8) is 0 Å². The van der Waals surface area contributed by atoms with Crippen LogP contribution in [-0.2, 0) is 9.47 Å². The van der Waals surface area contributed by atoms with Crippen molar-refractivity contribution in [3.8, 4) is 0 Å². The molecule has 0 bridgehead atoms. The van der Waals surface area contributed by atoms with Gasteiger partial charge < -0.3 is 14.6 Å². The van der Waals surface area contributed by atoms with Gasteiger partial charge in [-0.15, -0.1) is 0 Å². The summed E-state index contributed by atoms with van der Waals surface area (Å²) < 4.78 is 10.1. The average molecular weight is 194 g/mol. The predicted molar refractivity (Wildman–Crippen MR) is 51.7 cm³/mol. The minimum Gasteiger partial charge on any atom is -0.396 e. The summed E-state index contributed by atoms with van der Waals surface area (Å²) in [6.45, 7) is 2.41. The molecule has 0 atom stereocenters. The largest absolute Gasteiger partial charge is 0.396 e. The number of rotatable bonds is 9. The van der Waals surface area contributed by atoms with Gasteiger partial charge in [0, 0.05) is 19.5 Å². The molecule has 0 aliphatic carbocycles. The Balaban J connectivity index is 2.73. The van der Waals surface area contributed by atoms with E-state index in [1.165, 1.54) is 0 Å². The topological polar surface area (TPSA) is 38.7 Å². The normalized spacial score (nSPS) is 10.5. The van der Waals surface area contributed by atoms with Gasteiger partial charge in [0.1, 0.15) is 0 Å². The van der Waals surface area contributed by atoms with Crippen LogP contribution in [0.5, 0.6) is 0 Å². The lowest BCUT2D eigenvalue weighted by Crippen LogP contribution is -2.04. The Bertz CT molecular complexity index is 70.7. The molecule has 0 amide bonds. The highest BCUT2D eigenvalue weighted by molar-refractivity contribution is 7.99. The van der Waals surface area contributed by atoms with Crippen LogP contribution in [0.1, 0.15) is 6.42 Å². The summed E-state index contributed by atoms with van der Waals surface area (Å²) in [4.78, 5) is 0.